The van der Waals surface area contributed by atoms with Crippen LogP contribution in [0.5, 0.6) is 0 Å². The minimum absolute atomic E-state index is 0.105. The molecule has 1 aromatic carbocycles. The van der Waals surface area contributed by atoms with E-state index in [9.17, 15) is 15.0 Å². The average molecular weight is 599 g/mol. The summed E-state index contributed by atoms with van der Waals surface area (Å²) >= 11 is 0. The van der Waals surface area contributed by atoms with Crippen LogP contribution in [0.4, 0.5) is 0 Å². The van der Waals surface area contributed by atoms with Crippen molar-refractivity contribution in [1.82, 2.24) is 20.2 Å². The van der Waals surface area contributed by atoms with Crippen LogP contribution in [0.15, 0.2) is 36.6 Å². The van der Waals surface area contributed by atoms with Crippen LogP contribution in [-0.2, 0) is 22.7 Å². The van der Waals surface area contributed by atoms with Crippen molar-refractivity contribution >= 4 is 5.91 Å². The zero-order valence-electron chi connectivity index (χ0n) is 28.1. The summed E-state index contributed by atoms with van der Waals surface area (Å²) in [5.74, 6) is 1.03. The molecule has 0 spiro atoms. The van der Waals surface area contributed by atoms with E-state index in [1.54, 1.807) is 12.0 Å². The summed E-state index contributed by atoms with van der Waals surface area (Å²) in [6.07, 6.45) is 3.32. The number of carbonyl (C=O) groups excluding carboxylic acids is 1. The standard InChI is InChI=1S/C35H58N4O4/c1-23-28-18-27(35(28,6)7)19-29(23)36-33(42)32-31(24(2)41)30(13-16-40)43-39(32)21-26-12-10-11-25(17-26)20-38(15-14-37(8)9)22-34(3,4)5/h10-13,16-17,23-24,27-32,40-41H,14-15,18-22H2,1-9H3,(H,36,42)/b16-13+/t23-,24-,27+,28-,29-,30?,31+,32-/m0/s1. The zero-order chi connectivity index (χ0) is 31.7. The second kappa shape index (κ2) is 13.6. The van der Waals surface area contributed by atoms with Gasteiger partial charge in [-0.2, -0.15) is 5.06 Å². The van der Waals surface area contributed by atoms with Gasteiger partial charge in [-0.15, -0.1) is 0 Å². The normalized spacial score (nSPS) is 31.5. The first-order valence-electron chi connectivity index (χ1n) is 16.3. The van der Waals surface area contributed by atoms with Gasteiger partial charge in [0.25, 0.3) is 0 Å². The lowest BCUT2D eigenvalue weighted by Crippen LogP contribution is -2.62. The molecule has 8 heteroatoms. The van der Waals surface area contributed by atoms with Crippen molar-refractivity contribution in [1.29, 1.82) is 0 Å². The van der Waals surface area contributed by atoms with E-state index in [0.717, 1.165) is 44.4 Å². The van der Waals surface area contributed by atoms with E-state index in [2.05, 4.69) is 95.0 Å². The maximum Gasteiger partial charge on any atom is 0.240 e. The van der Waals surface area contributed by atoms with Crippen LogP contribution in [-0.4, -0.2) is 89.0 Å². The number of hydrogen-bond donors (Lipinski definition) is 3. The van der Waals surface area contributed by atoms with E-state index in [1.165, 1.54) is 18.1 Å². The number of aliphatic hydroxyl groups is 2. The first kappa shape index (κ1) is 33.9. The third-order valence-electron chi connectivity index (χ3n) is 10.4. The van der Waals surface area contributed by atoms with Crippen LogP contribution in [0.2, 0.25) is 0 Å². The van der Waals surface area contributed by atoms with Crippen LogP contribution in [0.1, 0.15) is 72.4 Å². The van der Waals surface area contributed by atoms with Crippen molar-refractivity contribution in [3.05, 3.63) is 47.7 Å². The fraction of sp³-hybridized carbons (Fsp3) is 0.743. The molecule has 43 heavy (non-hydrogen) atoms. The number of hydroxylamine groups is 2. The topological polar surface area (TPSA) is 88.5 Å². The number of amides is 1. The van der Waals surface area contributed by atoms with E-state index < -0.39 is 24.2 Å². The summed E-state index contributed by atoms with van der Waals surface area (Å²) in [6, 6.07) is 7.95. The molecule has 3 N–H and O–H groups in total. The molecule has 242 valence electrons. The molecule has 0 radical (unpaired) electrons. The molecule has 1 heterocycles. The van der Waals surface area contributed by atoms with Gasteiger partial charge in [-0.25, -0.2) is 0 Å². The first-order chi connectivity index (χ1) is 20.1. The summed E-state index contributed by atoms with van der Waals surface area (Å²) in [7, 11) is 4.22. The number of likely N-dealkylation sites (N-methyl/N-ethyl adjacent to an activating group) is 1. The summed E-state index contributed by atoms with van der Waals surface area (Å²) < 4.78 is 0. The molecule has 1 aliphatic heterocycles. The summed E-state index contributed by atoms with van der Waals surface area (Å²) in [5, 5.41) is 25.6. The van der Waals surface area contributed by atoms with Crippen molar-refractivity contribution < 1.29 is 19.8 Å². The lowest BCUT2D eigenvalue weighted by atomic mass is 9.45. The maximum absolute atomic E-state index is 14.0. The molecular weight excluding hydrogens is 540 g/mol. The highest BCUT2D eigenvalue weighted by Crippen LogP contribution is 2.61. The predicted octanol–water partition coefficient (Wildman–Crippen LogP) is 4.84. The Labute approximate surface area is 260 Å². The molecule has 3 saturated carbocycles. The van der Waals surface area contributed by atoms with E-state index in [-0.39, 0.29) is 17.4 Å². The Balaban J connectivity index is 1.52. The minimum Gasteiger partial charge on any atom is -0.516 e. The van der Waals surface area contributed by atoms with Crippen molar-refractivity contribution in [2.24, 2.45) is 34.5 Å². The number of nitrogens with zero attached hydrogens (tertiary/aromatic N) is 3. The van der Waals surface area contributed by atoms with Gasteiger partial charge in [-0.1, -0.05) is 65.8 Å². The highest BCUT2D eigenvalue weighted by atomic mass is 16.7. The highest BCUT2D eigenvalue weighted by Gasteiger charge is 2.57. The monoisotopic (exact) mass is 598 g/mol. The molecule has 4 aliphatic rings. The van der Waals surface area contributed by atoms with Gasteiger partial charge >= 0.3 is 0 Å². The Morgan fingerprint density at radius 3 is 2.49 bits per heavy atom. The van der Waals surface area contributed by atoms with E-state index in [0.29, 0.717) is 29.7 Å². The number of benzene rings is 1. The van der Waals surface area contributed by atoms with Crippen LogP contribution in [0.25, 0.3) is 0 Å². The van der Waals surface area contributed by atoms with Crippen molar-refractivity contribution in [2.45, 2.75) is 98.7 Å². The van der Waals surface area contributed by atoms with Gasteiger partial charge in [0.1, 0.15) is 12.1 Å². The summed E-state index contributed by atoms with van der Waals surface area (Å²) in [6.45, 7) is 19.7. The largest absolute Gasteiger partial charge is 0.516 e. The molecule has 2 bridgehead atoms. The third-order valence-corrected chi connectivity index (χ3v) is 10.4. The fourth-order valence-electron chi connectivity index (χ4n) is 7.99. The molecule has 1 unspecified atom stereocenters. The van der Waals surface area contributed by atoms with Gasteiger partial charge in [0.15, 0.2) is 0 Å². The number of fused-ring (bicyclic) bond motifs is 2. The lowest BCUT2D eigenvalue weighted by molar-refractivity contribution is -0.170. The lowest BCUT2D eigenvalue weighted by Gasteiger charge is -2.62. The molecular formula is C35H58N4O4. The molecule has 8 atom stereocenters. The molecule has 5 rings (SSSR count). The molecule has 1 aromatic rings. The Kier molecular flexibility index (Phi) is 10.7. The number of rotatable bonds is 12. The van der Waals surface area contributed by atoms with Crippen molar-refractivity contribution in [3.8, 4) is 0 Å². The van der Waals surface area contributed by atoms with Gasteiger partial charge in [0.05, 0.1) is 18.9 Å². The Bertz CT molecular complexity index is 1110. The quantitative estimate of drug-likeness (QED) is 0.297. The Morgan fingerprint density at radius 1 is 1.21 bits per heavy atom. The smallest absolute Gasteiger partial charge is 0.240 e. The fourth-order valence-corrected chi connectivity index (χ4v) is 7.99. The zero-order valence-corrected chi connectivity index (χ0v) is 28.1. The molecule has 8 nitrogen and oxygen atoms in total. The molecule has 0 aromatic heterocycles. The summed E-state index contributed by atoms with van der Waals surface area (Å²) in [4.78, 5) is 25.1. The van der Waals surface area contributed by atoms with E-state index in [4.69, 9.17) is 4.84 Å². The predicted molar refractivity (Wildman–Crippen MR) is 172 cm³/mol. The Morgan fingerprint density at radius 2 is 1.91 bits per heavy atom. The second-order valence-corrected chi connectivity index (χ2v) is 15.7. The Hall–Kier alpha value is -1.97. The van der Waals surface area contributed by atoms with Crippen LogP contribution < -0.4 is 5.32 Å². The van der Waals surface area contributed by atoms with Gasteiger partial charge in [-0.3, -0.25) is 14.5 Å². The van der Waals surface area contributed by atoms with Gasteiger partial charge in [0, 0.05) is 38.1 Å². The molecule has 1 saturated heterocycles. The van der Waals surface area contributed by atoms with Crippen LogP contribution >= 0.6 is 0 Å². The second-order valence-electron chi connectivity index (χ2n) is 15.7. The highest BCUT2D eigenvalue weighted by molar-refractivity contribution is 5.83. The van der Waals surface area contributed by atoms with Gasteiger partial charge < -0.3 is 20.4 Å². The van der Waals surface area contributed by atoms with Gasteiger partial charge in [0.2, 0.25) is 5.91 Å². The summed E-state index contributed by atoms with van der Waals surface area (Å²) in [5.41, 5.74) is 2.79. The number of hydrogen-bond acceptors (Lipinski definition) is 7. The number of carbonyl (C=O) groups is 1. The average Bonchev–Trinajstić information content (AvgIpc) is 3.25. The SMILES string of the molecule is C[C@@H]1[C@@H](NC(=O)[C@@H]2[C@H]([C@H](C)O)C(/C=C/O)ON2Cc2cccc(CN(CCN(C)C)CC(C)(C)C)c2)C[C@H]2C[C@@H]1C2(C)C. The van der Waals surface area contributed by atoms with Crippen molar-refractivity contribution in [2.75, 3.05) is 33.7 Å². The van der Waals surface area contributed by atoms with Crippen molar-refractivity contribution in [3.63, 3.8) is 0 Å². The van der Waals surface area contributed by atoms with Gasteiger partial charge in [-0.05, 0) is 79.6 Å². The molecule has 1 amide bonds. The van der Waals surface area contributed by atoms with E-state index >= 15 is 0 Å². The minimum atomic E-state index is -0.799. The molecule has 3 aliphatic carbocycles. The maximum atomic E-state index is 14.0. The molecule has 4 fully saturated rings. The first-order valence-corrected chi connectivity index (χ1v) is 16.3. The third kappa shape index (κ3) is 8.01. The number of aliphatic hydroxyl groups excluding tert-OH is 2. The number of nitrogens with one attached hydrogen (secondary N) is 1. The van der Waals surface area contributed by atoms with E-state index in [1.807, 2.05) is 0 Å². The van der Waals surface area contributed by atoms with Crippen LogP contribution in [0.3, 0.4) is 0 Å². The van der Waals surface area contributed by atoms with Crippen LogP contribution in [0, 0.1) is 34.5 Å².